The third kappa shape index (κ3) is 8.49. The summed E-state index contributed by atoms with van der Waals surface area (Å²) in [6, 6.07) is 27.1. The Morgan fingerprint density at radius 1 is 0.795 bits per heavy atom. The second-order valence-corrected chi connectivity index (χ2v) is 10.3. The lowest BCUT2D eigenvalue weighted by atomic mass is 10.1. The summed E-state index contributed by atoms with van der Waals surface area (Å²) in [4.78, 5) is 51.4. The fourth-order valence-corrected chi connectivity index (χ4v) is 4.81. The number of methoxy groups -OCH3 is 2. The van der Waals surface area contributed by atoms with Gasteiger partial charge in [0.05, 0.1) is 31.2 Å². The van der Waals surface area contributed by atoms with Crippen LogP contribution in [0.25, 0.3) is 6.08 Å². The zero-order valence-electron chi connectivity index (χ0n) is 24.0. The second-order valence-electron chi connectivity index (χ2n) is 9.22. The maximum absolute atomic E-state index is 13.5. The van der Waals surface area contributed by atoms with E-state index in [-0.39, 0.29) is 22.9 Å². The van der Waals surface area contributed by atoms with Gasteiger partial charge in [-0.2, -0.15) is 0 Å². The van der Waals surface area contributed by atoms with E-state index < -0.39 is 17.7 Å². The Bertz CT molecular complexity index is 1710. The number of nitrogens with one attached hydrogen (secondary N) is 3. The van der Waals surface area contributed by atoms with E-state index in [2.05, 4.69) is 16.0 Å². The maximum atomic E-state index is 13.5. The van der Waals surface area contributed by atoms with Crippen LogP contribution < -0.4 is 31.2 Å². The minimum atomic E-state index is -0.642. The van der Waals surface area contributed by atoms with Gasteiger partial charge in [-0.1, -0.05) is 42.5 Å². The molecule has 224 valence electrons. The Morgan fingerprint density at radius 3 is 2.25 bits per heavy atom. The average molecular weight is 611 g/mol. The summed E-state index contributed by atoms with van der Waals surface area (Å²) in [6.45, 7) is 0. The molecule has 4 aromatic rings. The highest BCUT2D eigenvalue weighted by Gasteiger charge is 2.17. The van der Waals surface area contributed by atoms with Crippen LogP contribution in [0, 0.1) is 0 Å². The van der Waals surface area contributed by atoms with Crippen molar-refractivity contribution in [2.24, 2.45) is 5.73 Å². The molecule has 4 aromatic carbocycles. The van der Waals surface area contributed by atoms with Crippen LogP contribution in [0.5, 0.6) is 11.5 Å². The van der Waals surface area contributed by atoms with E-state index in [4.69, 9.17) is 15.2 Å². The smallest absolute Gasteiger partial charge is 0.272 e. The number of thioether (sulfide) groups is 1. The molecule has 0 atom stereocenters. The first kappa shape index (κ1) is 31.4. The van der Waals surface area contributed by atoms with Gasteiger partial charge in [-0.25, -0.2) is 0 Å². The molecule has 4 amide bonds. The molecule has 0 aromatic heterocycles. The SMILES string of the molecule is COc1ccc(/C=C(/NC(=O)c2ccccc2)C(=O)Nc2cccc(SCC(=O)Nc3ccccc3C(N)=O)c2)cc1OC. The lowest BCUT2D eigenvalue weighted by Crippen LogP contribution is -2.30. The van der Waals surface area contributed by atoms with Crippen LogP contribution in [-0.2, 0) is 9.59 Å². The summed E-state index contributed by atoms with van der Waals surface area (Å²) in [6.07, 6.45) is 1.53. The van der Waals surface area contributed by atoms with E-state index in [1.165, 1.54) is 38.1 Å². The molecule has 11 heteroatoms. The van der Waals surface area contributed by atoms with Gasteiger partial charge in [-0.05, 0) is 66.2 Å². The number of carbonyl (C=O) groups is 4. The predicted octanol–water partition coefficient (Wildman–Crippen LogP) is 4.94. The molecule has 10 nitrogen and oxygen atoms in total. The Labute approximate surface area is 258 Å². The molecule has 0 spiro atoms. The van der Waals surface area contributed by atoms with Crippen molar-refractivity contribution in [1.82, 2.24) is 5.32 Å². The fraction of sp³-hybridized carbons (Fsp3) is 0.0909. The minimum absolute atomic E-state index is 0.00313. The molecule has 5 N–H and O–H groups in total. The number of rotatable bonds is 12. The van der Waals surface area contributed by atoms with Crippen LogP contribution >= 0.6 is 11.8 Å². The Morgan fingerprint density at radius 2 is 1.52 bits per heavy atom. The van der Waals surface area contributed by atoms with Crippen LogP contribution in [0.15, 0.2) is 108 Å². The number of anilines is 2. The standard InChI is InChI=1S/C33H30N4O6S/c1-42-28-16-15-21(18-29(28)43-2)17-27(37-32(40)22-9-4-3-5-10-22)33(41)35-23-11-8-12-24(19-23)44-20-30(38)36-26-14-7-6-13-25(26)31(34)39/h3-19H,20H2,1-2H3,(H2,34,39)(H,35,41)(H,36,38)(H,37,40)/b27-17+. The van der Waals surface area contributed by atoms with Crippen LogP contribution in [-0.4, -0.2) is 43.6 Å². The lowest BCUT2D eigenvalue weighted by molar-refractivity contribution is -0.114. The summed E-state index contributed by atoms with van der Waals surface area (Å²) in [5, 5.41) is 8.22. The fourth-order valence-electron chi connectivity index (χ4n) is 4.06. The van der Waals surface area contributed by atoms with Crippen LogP contribution in [0.2, 0.25) is 0 Å². The predicted molar refractivity (Wildman–Crippen MR) is 171 cm³/mol. The highest BCUT2D eigenvalue weighted by Crippen LogP contribution is 2.29. The maximum Gasteiger partial charge on any atom is 0.272 e. The molecule has 4 rings (SSSR count). The van der Waals surface area contributed by atoms with Gasteiger partial charge < -0.3 is 31.2 Å². The molecule has 44 heavy (non-hydrogen) atoms. The minimum Gasteiger partial charge on any atom is -0.493 e. The Balaban J connectivity index is 1.49. The molecule has 0 heterocycles. The van der Waals surface area contributed by atoms with Crippen molar-refractivity contribution >= 4 is 52.8 Å². The van der Waals surface area contributed by atoms with Gasteiger partial charge in [0.1, 0.15) is 5.70 Å². The molecular weight excluding hydrogens is 580 g/mol. The summed E-state index contributed by atoms with van der Waals surface area (Å²) < 4.78 is 10.7. The van der Waals surface area contributed by atoms with Gasteiger partial charge in [0.15, 0.2) is 11.5 Å². The van der Waals surface area contributed by atoms with Gasteiger partial charge in [0, 0.05) is 16.1 Å². The highest BCUT2D eigenvalue weighted by molar-refractivity contribution is 8.00. The van der Waals surface area contributed by atoms with Gasteiger partial charge in [-0.15, -0.1) is 11.8 Å². The van der Waals surface area contributed by atoms with Crippen LogP contribution in [0.3, 0.4) is 0 Å². The summed E-state index contributed by atoms with van der Waals surface area (Å²) in [5.74, 6) is -0.973. The summed E-state index contributed by atoms with van der Waals surface area (Å²) in [5.41, 5.74) is 7.36. The molecule has 0 saturated heterocycles. The number of carbonyl (C=O) groups excluding carboxylic acids is 4. The highest BCUT2D eigenvalue weighted by atomic mass is 32.2. The van der Waals surface area contributed by atoms with Gasteiger partial charge >= 0.3 is 0 Å². The number of amides is 4. The normalized spacial score (nSPS) is 10.8. The van der Waals surface area contributed by atoms with Crippen molar-refractivity contribution in [3.63, 3.8) is 0 Å². The van der Waals surface area contributed by atoms with Crippen LogP contribution in [0.4, 0.5) is 11.4 Å². The van der Waals surface area contributed by atoms with E-state index in [1.807, 2.05) is 0 Å². The van der Waals surface area contributed by atoms with Crippen molar-refractivity contribution in [1.29, 1.82) is 0 Å². The summed E-state index contributed by atoms with van der Waals surface area (Å²) in [7, 11) is 3.03. The number of primary amides is 1. The number of hydrogen-bond acceptors (Lipinski definition) is 7. The van der Waals surface area contributed by atoms with E-state index in [0.29, 0.717) is 38.9 Å². The molecule has 0 aliphatic carbocycles. The van der Waals surface area contributed by atoms with E-state index in [9.17, 15) is 19.2 Å². The molecule has 0 unspecified atom stereocenters. The molecule has 0 aliphatic rings. The zero-order chi connectivity index (χ0) is 31.5. The molecular formula is C33H30N4O6S. The molecule has 0 radical (unpaired) electrons. The van der Waals surface area contributed by atoms with Gasteiger partial charge in [0.2, 0.25) is 5.91 Å². The average Bonchev–Trinajstić information content (AvgIpc) is 3.04. The lowest BCUT2D eigenvalue weighted by Gasteiger charge is -2.13. The first-order valence-corrected chi connectivity index (χ1v) is 14.3. The monoisotopic (exact) mass is 610 g/mol. The molecule has 0 bridgehead atoms. The van der Waals surface area contributed by atoms with Crippen LogP contribution in [0.1, 0.15) is 26.3 Å². The quantitative estimate of drug-likeness (QED) is 0.131. The zero-order valence-corrected chi connectivity index (χ0v) is 24.8. The number of benzene rings is 4. The van der Waals surface area contributed by atoms with E-state index >= 15 is 0 Å². The van der Waals surface area contributed by atoms with Gasteiger partial charge in [-0.3, -0.25) is 19.2 Å². The first-order valence-electron chi connectivity index (χ1n) is 13.3. The van der Waals surface area contributed by atoms with Crippen molar-refractivity contribution < 1.29 is 28.7 Å². The van der Waals surface area contributed by atoms with Crippen molar-refractivity contribution in [3.8, 4) is 11.5 Å². The molecule has 0 saturated carbocycles. The number of nitrogens with two attached hydrogens (primary N) is 1. The molecule has 0 aliphatic heterocycles. The Kier molecular flexibility index (Phi) is 10.8. The van der Waals surface area contributed by atoms with E-state index in [1.54, 1.807) is 91.0 Å². The Hall–Kier alpha value is -5.55. The largest absolute Gasteiger partial charge is 0.493 e. The number of para-hydroxylation sites is 1. The van der Waals surface area contributed by atoms with Crippen molar-refractivity contribution in [3.05, 3.63) is 119 Å². The first-order chi connectivity index (χ1) is 21.3. The van der Waals surface area contributed by atoms with Gasteiger partial charge in [0.25, 0.3) is 17.7 Å². The summed E-state index contributed by atoms with van der Waals surface area (Å²) >= 11 is 1.24. The molecule has 0 fully saturated rings. The van der Waals surface area contributed by atoms with Crippen molar-refractivity contribution in [2.45, 2.75) is 4.90 Å². The third-order valence-corrected chi connectivity index (χ3v) is 7.17. The third-order valence-electron chi connectivity index (χ3n) is 6.18. The van der Waals surface area contributed by atoms with Crippen molar-refractivity contribution in [2.75, 3.05) is 30.6 Å². The van der Waals surface area contributed by atoms with E-state index in [0.717, 1.165) is 0 Å². The second kappa shape index (κ2) is 15.1. The number of hydrogen-bond donors (Lipinski definition) is 4. The number of ether oxygens (including phenoxy) is 2. The topological polar surface area (TPSA) is 149 Å².